The van der Waals surface area contributed by atoms with E-state index in [1.54, 1.807) is 0 Å². The third-order valence-corrected chi connectivity index (χ3v) is 4.56. The summed E-state index contributed by atoms with van der Waals surface area (Å²) in [5, 5.41) is 0. The third kappa shape index (κ3) is 3.82. The van der Waals surface area contributed by atoms with Crippen molar-refractivity contribution < 1.29 is 0 Å². The molecule has 1 aliphatic rings. The first-order valence-electron chi connectivity index (χ1n) is 6.57. The number of likely N-dealkylation sites (tertiary alicyclic amines) is 1. The van der Waals surface area contributed by atoms with Gasteiger partial charge in [0.1, 0.15) is 0 Å². The molecule has 0 aromatic heterocycles. The first kappa shape index (κ1) is 13.1. The van der Waals surface area contributed by atoms with Gasteiger partial charge in [-0.2, -0.15) is 0 Å². The van der Waals surface area contributed by atoms with Gasteiger partial charge in [0.25, 0.3) is 0 Å². The van der Waals surface area contributed by atoms with Crippen molar-refractivity contribution in [3.63, 3.8) is 0 Å². The van der Waals surface area contributed by atoms with Crippen LogP contribution >= 0.6 is 15.9 Å². The number of hydrogen-bond donors (Lipinski definition) is 0. The van der Waals surface area contributed by atoms with Gasteiger partial charge in [-0.25, -0.2) is 0 Å². The second-order valence-corrected chi connectivity index (χ2v) is 6.72. The molecule has 0 bridgehead atoms. The Morgan fingerprint density at radius 3 is 2.35 bits per heavy atom. The number of nitrogens with zero attached hydrogens (tertiary/aromatic N) is 1. The van der Waals surface area contributed by atoms with Crippen molar-refractivity contribution in [2.45, 2.75) is 38.1 Å². The van der Waals surface area contributed by atoms with Crippen LogP contribution in [0, 0.1) is 12.8 Å². The predicted molar refractivity (Wildman–Crippen MR) is 77.6 cm³/mol. The molecular weight excluding hydrogens is 274 g/mol. The molecule has 1 aromatic carbocycles. The summed E-state index contributed by atoms with van der Waals surface area (Å²) in [5.41, 5.74) is 2.79. The van der Waals surface area contributed by atoms with Crippen molar-refractivity contribution in [3.8, 4) is 0 Å². The molecule has 0 N–H and O–H groups in total. The van der Waals surface area contributed by atoms with Crippen molar-refractivity contribution >= 4 is 15.9 Å². The van der Waals surface area contributed by atoms with Gasteiger partial charge in [0, 0.05) is 11.4 Å². The molecule has 1 aliphatic heterocycles. The van der Waals surface area contributed by atoms with Gasteiger partial charge in [0.05, 0.1) is 0 Å². The van der Waals surface area contributed by atoms with Crippen LogP contribution in [0.2, 0.25) is 0 Å². The molecule has 1 heterocycles. The highest BCUT2D eigenvalue weighted by atomic mass is 79.9. The Labute approximate surface area is 113 Å². The average molecular weight is 296 g/mol. The van der Waals surface area contributed by atoms with Gasteiger partial charge in [-0.15, -0.1) is 0 Å². The molecule has 0 saturated carbocycles. The highest BCUT2D eigenvalue weighted by Crippen LogP contribution is 2.25. The first-order chi connectivity index (χ1) is 8.15. The average Bonchev–Trinajstić information content (AvgIpc) is 2.33. The van der Waals surface area contributed by atoms with Crippen LogP contribution in [0.15, 0.2) is 24.3 Å². The zero-order valence-electron chi connectivity index (χ0n) is 10.8. The van der Waals surface area contributed by atoms with E-state index in [-0.39, 0.29) is 0 Å². The predicted octanol–water partition coefficient (Wildman–Crippen LogP) is 3.99. The molecule has 0 spiro atoms. The molecular formula is C15H22BrN. The largest absolute Gasteiger partial charge is 0.299 e. The maximum Gasteiger partial charge on any atom is 0.0233 e. The van der Waals surface area contributed by atoms with Gasteiger partial charge >= 0.3 is 0 Å². The monoisotopic (exact) mass is 295 g/mol. The number of halogens is 1. The number of aryl methyl sites for hydroxylation is 1. The molecule has 0 radical (unpaired) electrons. The Morgan fingerprint density at radius 1 is 1.24 bits per heavy atom. The molecule has 1 unspecified atom stereocenters. The van der Waals surface area contributed by atoms with Crippen LogP contribution in [-0.4, -0.2) is 22.8 Å². The van der Waals surface area contributed by atoms with Crippen molar-refractivity contribution in [1.29, 1.82) is 0 Å². The standard InChI is InChI=1S/C15H22BrN/c1-12-3-5-14(6-4-12)11-17-9-7-15(8-10-17)13(2)16/h3-6,13,15H,7-11H2,1-2H3. The van der Waals surface area contributed by atoms with Crippen LogP contribution in [0.25, 0.3) is 0 Å². The Bertz CT molecular complexity index is 336. The van der Waals surface area contributed by atoms with Gasteiger partial charge < -0.3 is 0 Å². The van der Waals surface area contributed by atoms with Crippen molar-refractivity contribution in [3.05, 3.63) is 35.4 Å². The molecule has 0 amide bonds. The summed E-state index contributed by atoms with van der Waals surface area (Å²) >= 11 is 3.71. The van der Waals surface area contributed by atoms with E-state index in [2.05, 4.69) is 58.9 Å². The second kappa shape index (κ2) is 6.01. The van der Waals surface area contributed by atoms with E-state index in [4.69, 9.17) is 0 Å². The highest BCUT2D eigenvalue weighted by Gasteiger charge is 2.22. The number of benzene rings is 1. The van der Waals surface area contributed by atoms with E-state index >= 15 is 0 Å². The highest BCUT2D eigenvalue weighted by molar-refractivity contribution is 9.09. The van der Waals surface area contributed by atoms with Gasteiger partial charge in [-0.05, 0) is 44.3 Å². The van der Waals surface area contributed by atoms with Crippen LogP contribution in [0.4, 0.5) is 0 Å². The molecule has 1 saturated heterocycles. The molecule has 2 rings (SSSR count). The maximum absolute atomic E-state index is 3.71. The third-order valence-electron chi connectivity index (χ3n) is 3.81. The minimum Gasteiger partial charge on any atom is -0.299 e. The van der Waals surface area contributed by atoms with Crippen LogP contribution in [-0.2, 0) is 6.54 Å². The fourth-order valence-electron chi connectivity index (χ4n) is 2.52. The number of alkyl halides is 1. The molecule has 1 nitrogen and oxygen atoms in total. The van der Waals surface area contributed by atoms with Crippen LogP contribution < -0.4 is 0 Å². The Balaban J connectivity index is 1.84. The normalized spacial score (nSPS) is 20.4. The summed E-state index contributed by atoms with van der Waals surface area (Å²) in [6.07, 6.45) is 2.66. The summed E-state index contributed by atoms with van der Waals surface area (Å²) < 4.78 is 0. The Hall–Kier alpha value is -0.340. The fourth-order valence-corrected chi connectivity index (χ4v) is 3.05. The summed E-state index contributed by atoms with van der Waals surface area (Å²) in [6, 6.07) is 8.94. The fraction of sp³-hybridized carbons (Fsp3) is 0.600. The van der Waals surface area contributed by atoms with E-state index in [0.717, 1.165) is 12.5 Å². The zero-order valence-corrected chi connectivity index (χ0v) is 12.4. The lowest BCUT2D eigenvalue weighted by atomic mass is 9.94. The maximum atomic E-state index is 3.71. The van der Waals surface area contributed by atoms with Crippen LogP contribution in [0.3, 0.4) is 0 Å². The number of rotatable bonds is 3. The SMILES string of the molecule is Cc1ccc(CN2CCC(C(C)Br)CC2)cc1. The molecule has 1 fully saturated rings. The topological polar surface area (TPSA) is 3.24 Å². The van der Waals surface area contributed by atoms with Gasteiger partial charge in [0.2, 0.25) is 0 Å². The lowest BCUT2D eigenvalue weighted by Gasteiger charge is -2.33. The molecule has 2 heteroatoms. The first-order valence-corrected chi connectivity index (χ1v) is 7.48. The summed E-state index contributed by atoms with van der Waals surface area (Å²) in [6.45, 7) is 8.03. The summed E-state index contributed by atoms with van der Waals surface area (Å²) in [4.78, 5) is 3.25. The minimum absolute atomic E-state index is 0.670. The second-order valence-electron chi connectivity index (χ2n) is 5.28. The van der Waals surface area contributed by atoms with Crippen molar-refractivity contribution in [1.82, 2.24) is 4.90 Å². The molecule has 17 heavy (non-hydrogen) atoms. The molecule has 94 valence electrons. The quantitative estimate of drug-likeness (QED) is 0.762. The zero-order chi connectivity index (χ0) is 12.3. The van der Waals surface area contributed by atoms with Crippen molar-refractivity contribution in [2.75, 3.05) is 13.1 Å². The van der Waals surface area contributed by atoms with Gasteiger partial charge in [0.15, 0.2) is 0 Å². The smallest absolute Gasteiger partial charge is 0.0233 e. The lowest BCUT2D eigenvalue weighted by Crippen LogP contribution is -2.35. The van der Waals surface area contributed by atoms with E-state index in [0.29, 0.717) is 4.83 Å². The number of piperidine rings is 1. The summed E-state index contributed by atoms with van der Waals surface area (Å²) in [5.74, 6) is 0.865. The Kier molecular flexibility index (Phi) is 4.63. The molecule has 0 aliphatic carbocycles. The number of hydrogen-bond acceptors (Lipinski definition) is 1. The van der Waals surface area contributed by atoms with E-state index in [1.165, 1.54) is 37.1 Å². The van der Waals surface area contributed by atoms with E-state index in [9.17, 15) is 0 Å². The van der Waals surface area contributed by atoms with Crippen LogP contribution in [0.5, 0.6) is 0 Å². The lowest BCUT2D eigenvalue weighted by molar-refractivity contribution is 0.178. The minimum atomic E-state index is 0.670. The van der Waals surface area contributed by atoms with Gasteiger partial charge in [-0.1, -0.05) is 52.7 Å². The van der Waals surface area contributed by atoms with Crippen LogP contribution in [0.1, 0.15) is 30.9 Å². The van der Waals surface area contributed by atoms with Crippen molar-refractivity contribution in [2.24, 2.45) is 5.92 Å². The van der Waals surface area contributed by atoms with E-state index < -0.39 is 0 Å². The van der Waals surface area contributed by atoms with E-state index in [1.807, 2.05) is 0 Å². The molecule has 1 atom stereocenters. The Morgan fingerprint density at radius 2 is 1.82 bits per heavy atom. The summed E-state index contributed by atoms with van der Waals surface area (Å²) in [7, 11) is 0. The molecule has 1 aromatic rings. The van der Waals surface area contributed by atoms with Gasteiger partial charge in [-0.3, -0.25) is 4.90 Å².